The van der Waals surface area contributed by atoms with E-state index in [9.17, 15) is 9.59 Å². The van der Waals surface area contributed by atoms with Gasteiger partial charge in [-0.05, 0) is 55.0 Å². The topological polar surface area (TPSA) is 99.2 Å². The number of aromatic amines is 1. The maximum Gasteiger partial charge on any atom is 0.251 e. The highest BCUT2D eigenvalue weighted by atomic mass is 16.2. The first kappa shape index (κ1) is 27.7. The number of nitrogens with zero attached hydrogens (tertiary/aromatic N) is 5. The molecule has 2 heterocycles. The molecule has 0 radical (unpaired) electrons. The van der Waals surface area contributed by atoms with Gasteiger partial charge in [0.15, 0.2) is 0 Å². The zero-order valence-electron chi connectivity index (χ0n) is 24.4. The van der Waals surface area contributed by atoms with Gasteiger partial charge >= 0.3 is 0 Å². The number of nitrogens with one attached hydrogen (secondary N) is 2. The van der Waals surface area contributed by atoms with Crippen molar-refractivity contribution in [1.29, 1.82) is 0 Å². The second-order valence-corrected chi connectivity index (χ2v) is 10.9. The zero-order chi connectivity index (χ0) is 29.9. The van der Waals surface area contributed by atoms with Crippen molar-refractivity contribution in [2.45, 2.75) is 26.1 Å². The lowest BCUT2D eigenvalue weighted by Crippen LogP contribution is -2.42. The second-order valence-electron chi connectivity index (χ2n) is 10.9. The summed E-state index contributed by atoms with van der Waals surface area (Å²) >= 11 is 0. The summed E-state index contributed by atoms with van der Waals surface area (Å²) in [5, 5.41) is 12.4. The van der Waals surface area contributed by atoms with Gasteiger partial charge in [0.1, 0.15) is 18.1 Å². The van der Waals surface area contributed by atoms with Crippen LogP contribution in [0.25, 0.3) is 21.9 Å². The summed E-state index contributed by atoms with van der Waals surface area (Å²) in [6, 6.07) is 30.0. The lowest BCUT2D eigenvalue weighted by molar-refractivity contribution is -0.140. The number of hydrogen-bond acceptors (Lipinski definition) is 5. The Morgan fingerprint density at radius 1 is 0.907 bits per heavy atom. The molecule has 43 heavy (non-hydrogen) atoms. The van der Waals surface area contributed by atoms with Gasteiger partial charge in [-0.15, -0.1) is 5.10 Å². The van der Waals surface area contributed by atoms with E-state index < -0.39 is 6.04 Å². The van der Waals surface area contributed by atoms with Crippen molar-refractivity contribution in [3.8, 4) is 0 Å². The predicted octanol–water partition coefficient (Wildman–Crippen LogP) is 5.70. The molecule has 0 aliphatic rings. The minimum atomic E-state index is -0.937. The number of H-pyrrole nitrogens is 1. The van der Waals surface area contributed by atoms with Crippen LogP contribution in [-0.4, -0.2) is 50.8 Å². The standard InChI is InChI=1S/C34H33N7O2/c1-23-12-14-24(15-13-23)21-40(32(42)22-41-31-11-7-6-10-30(31)37-38-41)33(28-20-35-29-9-5-4-8-27(28)29)34(43)36-25-16-18-26(19-17-25)39(2)3/h4-20,33,35H,21-22H2,1-3H3,(H,36,43). The van der Waals surface area contributed by atoms with E-state index in [2.05, 4.69) is 20.6 Å². The Morgan fingerprint density at radius 3 is 2.40 bits per heavy atom. The number of amides is 2. The summed E-state index contributed by atoms with van der Waals surface area (Å²) in [7, 11) is 3.93. The molecule has 9 nitrogen and oxygen atoms in total. The first-order chi connectivity index (χ1) is 20.9. The SMILES string of the molecule is Cc1ccc(CN(C(=O)Cn2nnc3ccccc32)C(C(=O)Nc2ccc(N(C)C)cc2)c2c[nH]c3ccccc23)cc1. The quantitative estimate of drug-likeness (QED) is 0.232. The zero-order valence-corrected chi connectivity index (χ0v) is 24.4. The number of fused-ring (bicyclic) bond motifs is 2. The summed E-state index contributed by atoms with van der Waals surface area (Å²) in [6.45, 7) is 2.17. The lowest BCUT2D eigenvalue weighted by atomic mass is 10.0. The molecule has 2 aromatic heterocycles. The molecule has 1 unspecified atom stereocenters. The first-order valence-corrected chi connectivity index (χ1v) is 14.1. The van der Waals surface area contributed by atoms with Crippen LogP contribution < -0.4 is 10.2 Å². The molecule has 6 rings (SSSR count). The van der Waals surface area contributed by atoms with Gasteiger partial charge in [0, 0.05) is 54.7 Å². The number of benzene rings is 4. The van der Waals surface area contributed by atoms with Gasteiger partial charge in [0.25, 0.3) is 5.91 Å². The number of carbonyl (C=O) groups excluding carboxylic acids is 2. The van der Waals surface area contributed by atoms with E-state index in [-0.39, 0.29) is 24.9 Å². The monoisotopic (exact) mass is 571 g/mol. The predicted molar refractivity (Wildman–Crippen MR) is 170 cm³/mol. The minimum Gasteiger partial charge on any atom is -0.378 e. The molecule has 216 valence electrons. The minimum absolute atomic E-state index is 0.0734. The molecular formula is C34H33N7O2. The number of para-hydroxylation sites is 2. The molecule has 2 amide bonds. The fraction of sp³-hybridized carbons (Fsp3) is 0.176. The van der Waals surface area contributed by atoms with Gasteiger partial charge in [-0.25, -0.2) is 4.68 Å². The van der Waals surface area contributed by atoms with Crippen LogP contribution in [0.15, 0.2) is 103 Å². The Hall–Kier alpha value is -5.44. The molecule has 0 bridgehead atoms. The van der Waals surface area contributed by atoms with Gasteiger partial charge in [0.2, 0.25) is 5.91 Å². The van der Waals surface area contributed by atoms with Crippen LogP contribution in [-0.2, 0) is 22.7 Å². The average molecular weight is 572 g/mol. The molecule has 0 spiro atoms. The number of anilines is 2. The van der Waals surface area contributed by atoms with Crippen LogP contribution in [0.5, 0.6) is 0 Å². The van der Waals surface area contributed by atoms with Crippen molar-refractivity contribution < 1.29 is 9.59 Å². The van der Waals surface area contributed by atoms with Gasteiger partial charge in [-0.2, -0.15) is 0 Å². The third-order valence-electron chi connectivity index (χ3n) is 7.63. The first-order valence-electron chi connectivity index (χ1n) is 14.1. The Bertz CT molecular complexity index is 1890. The Kier molecular flexibility index (Phi) is 7.61. The average Bonchev–Trinajstić information content (AvgIpc) is 3.62. The molecule has 0 saturated carbocycles. The third-order valence-corrected chi connectivity index (χ3v) is 7.63. The number of aromatic nitrogens is 4. The van der Waals surface area contributed by atoms with E-state index in [0.29, 0.717) is 16.8 Å². The van der Waals surface area contributed by atoms with E-state index >= 15 is 0 Å². The highest BCUT2D eigenvalue weighted by molar-refractivity contribution is 6.01. The number of aryl methyl sites for hydroxylation is 1. The van der Waals surface area contributed by atoms with E-state index in [1.54, 1.807) is 9.58 Å². The summed E-state index contributed by atoms with van der Waals surface area (Å²) in [6.07, 6.45) is 1.82. The summed E-state index contributed by atoms with van der Waals surface area (Å²) in [5.74, 6) is -0.573. The van der Waals surface area contributed by atoms with E-state index in [0.717, 1.165) is 33.2 Å². The van der Waals surface area contributed by atoms with E-state index in [4.69, 9.17) is 0 Å². The molecule has 0 fully saturated rings. The summed E-state index contributed by atoms with van der Waals surface area (Å²) in [5.41, 5.74) is 6.73. The van der Waals surface area contributed by atoms with Crippen LogP contribution in [0.2, 0.25) is 0 Å². The largest absolute Gasteiger partial charge is 0.378 e. The molecule has 9 heteroatoms. The van der Waals surface area contributed by atoms with Crippen molar-refractivity contribution in [2.75, 3.05) is 24.3 Å². The lowest BCUT2D eigenvalue weighted by Gasteiger charge is -2.31. The Labute approximate surface area is 249 Å². The van der Waals surface area contributed by atoms with Gasteiger partial charge < -0.3 is 20.1 Å². The fourth-order valence-electron chi connectivity index (χ4n) is 5.29. The van der Waals surface area contributed by atoms with Crippen molar-refractivity contribution in [3.05, 3.63) is 120 Å². The van der Waals surface area contributed by atoms with Crippen molar-refractivity contribution in [2.24, 2.45) is 0 Å². The normalized spacial score (nSPS) is 11.9. The number of rotatable bonds is 9. The van der Waals surface area contributed by atoms with Gasteiger partial charge in [-0.3, -0.25) is 9.59 Å². The smallest absolute Gasteiger partial charge is 0.251 e. The van der Waals surface area contributed by atoms with Crippen LogP contribution in [0, 0.1) is 6.92 Å². The maximum atomic E-state index is 14.3. The molecule has 2 N–H and O–H groups in total. The van der Waals surface area contributed by atoms with Crippen LogP contribution in [0.1, 0.15) is 22.7 Å². The molecule has 0 saturated heterocycles. The maximum absolute atomic E-state index is 14.3. The number of hydrogen-bond donors (Lipinski definition) is 2. The molecule has 0 aliphatic heterocycles. The highest BCUT2D eigenvalue weighted by Gasteiger charge is 2.34. The van der Waals surface area contributed by atoms with Crippen molar-refractivity contribution in [3.63, 3.8) is 0 Å². The highest BCUT2D eigenvalue weighted by Crippen LogP contribution is 2.32. The van der Waals surface area contributed by atoms with Crippen molar-refractivity contribution >= 4 is 45.1 Å². The van der Waals surface area contributed by atoms with E-state index in [1.165, 1.54) is 0 Å². The Balaban J connectivity index is 1.42. The van der Waals surface area contributed by atoms with Crippen molar-refractivity contribution in [1.82, 2.24) is 24.9 Å². The van der Waals surface area contributed by atoms with Crippen LogP contribution in [0.4, 0.5) is 11.4 Å². The summed E-state index contributed by atoms with van der Waals surface area (Å²) < 4.78 is 1.59. The molecule has 0 aliphatic carbocycles. The second kappa shape index (κ2) is 11.8. The molecular weight excluding hydrogens is 538 g/mol. The Morgan fingerprint density at radius 2 is 1.63 bits per heavy atom. The number of carbonyl (C=O) groups is 2. The van der Waals surface area contributed by atoms with Crippen LogP contribution >= 0.6 is 0 Å². The molecule has 6 aromatic rings. The van der Waals surface area contributed by atoms with Gasteiger partial charge in [0.05, 0.1) is 5.52 Å². The molecule has 1 atom stereocenters. The molecule has 4 aromatic carbocycles. The van der Waals surface area contributed by atoms with Gasteiger partial charge in [-0.1, -0.05) is 65.4 Å². The summed E-state index contributed by atoms with van der Waals surface area (Å²) in [4.78, 5) is 35.6. The van der Waals surface area contributed by atoms with Crippen LogP contribution in [0.3, 0.4) is 0 Å². The fourth-order valence-corrected chi connectivity index (χ4v) is 5.29. The van der Waals surface area contributed by atoms with E-state index in [1.807, 2.05) is 129 Å². The third kappa shape index (κ3) is 5.83.